The highest BCUT2D eigenvalue weighted by Gasteiger charge is 2.03. The maximum absolute atomic E-state index is 11.4. The lowest BCUT2D eigenvalue weighted by Gasteiger charge is -2.07. The van der Waals surface area contributed by atoms with Crippen molar-refractivity contribution in [2.75, 3.05) is 0 Å². The van der Waals surface area contributed by atoms with Gasteiger partial charge in [-0.15, -0.1) is 0 Å². The van der Waals surface area contributed by atoms with E-state index in [1.165, 1.54) is 5.56 Å². The predicted octanol–water partition coefficient (Wildman–Crippen LogP) is 1.77. The first kappa shape index (κ1) is 12.7. The molecular weight excluding hydrogens is 202 g/mol. The van der Waals surface area contributed by atoms with Crippen LogP contribution in [-0.2, 0) is 11.3 Å². The van der Waals surface area contributed by atoms with E-state index < -0.39 is 6.10 Å². The van der Waals surface area contributed by atoms with Gasteiger partial charge in [-0.25, -0.2) is 0 Å². The number of hydrogen-bond donors (Lipinski definition) is 2. The van der Waals surface area contributed by atoms with Gasteiger partial charge < -0.3 is 10.4 Å². The van der Waals surface area contributed by atoms with Gasteiger partial charge in [0, 0.05) is 13.0 Å². The average molecular weight is 221 g/mol. The largest absolute Gasteiger partial charge is 0.393 e. The second-order valence-corrected chi connectivity index (χ2v) is 4.15. The first-order chi connectivity index (χ1) is 7.58. The number of hydrogen-bond acceptors (Lipinski definition) is 2. The fourth-order valence-corrected chi connectivity index (χ4v) is 1.45. The van der Waals surface area contributed by atoms with Crippen molar-refractivity contribution in [3.63, 3.8) is 0 Å². The molecule has 0 fully saturated rings. The van der Waals surface area contributed by atoms with Crippen molar-refractivity contribution in [3.8, 4) is 0 Å². The van der Waals surface area contributed by atoms with Gasteiger partial charge in [0.1, 0.15) is 0 Å². The fourth-order valence-electron chi connectivity index (χ4n) is 1.45. The summed E-state index contributed by atoms with van der Waals surface area (Å²) >= 11 is 0. The van der Waals surface area contributed by atoms with Gasteiger partial charge in [0.05, 0.1) is 6.10 Å². The third-order valence-corrected chi connectivity index (χ3v) is 2.36. The van der Waals surface area contributed by atoms with Crippen molar-refractivity contribution in [3.05, 3.63) is 35.4 Å². The van der Waals surface area contributed by atoms with Gasteiger partial charge in [0.2, 0.25) is 5.91 Å². The Morgan fingerprint density at radius 2 is 2.25 bits per heavy atom. The summed E-state index contributed by atoms with van der Waals surface area (Å²) in [7, 11) is 0. The first-order valence-corrected chi connectivity index (χ1v) is 5.58. The number of aliphatic hydroxyl groups excluding tert-OH is 1. The normalized spacial score (nSPS) is 12.2. The van der Waals surface area contributed by atoms with Gasteiger partial charge in [0.15, 0.2) is 0 Å². The summed E-state index contributed by atoms with van der Waals surface area (Å²) in [6.45, 7) is 4.27. The van der Waals surface area contributed by atoms with Gasteiger partial charge in [-0.05, 0) is 25.8 Å². The minimum Gasteiger partial charge on any atom is -0.393 e. The summed E-state index contributed by atoms with van der Waals surface area (Å²) in [4.78, 5) is 11.4. The number of aliphatic hydroxyl groups is 1. The Labute approximate surface area is 96.5 Å². The van der Waals surface area contributed by atoms with Crippen LogP contribution < -0.4 is 5.32 Å². The van der Waals surface area contributed by atoms with E-state index in [4.69, 9.17) is 5.11 Å². The highest BCUT2D eigenvalue weighted by molar-refractivity contribution is 5.75. The molecule has 0 bridgehead atoms. The van der Waals surface area contributed by atoms with Crippen molar-refractivity contribution in [2.45, 2.75) is 39.3 Å². The van der Waals surface area contributed by atoms with E-state index in [0.29, 0.717) is 19.4 Å². The Kier molecular flexibility index (Phi) is 4.99. The van der Waals surface area contributed by atoms with Crippen LogP contribution in [0.5, 0.6) is 0 Å². The summed E-state index contributed by atoms with van der Waals surface area (Å²) in [6, 6.07) is 8.04. The molecule has 0 aliphatic carbocycles. The Balaban J connectivity index is 2.31. The molecule has 3 nitrogen and oxygen atoms in total. The summed E-state index contributed by atoms with van der Waals surface area (Å²) in [5.74, 6) is -0.0117. The summed E-state index contributed by atoms with van der Waals surface area (Å²) in [5.41, 5.74) is 2.29. The van der Waals surface area contributed by atoms with E-state index >= 15 is 0 Å². The molecule has 3 heteroatoms. The molecule has 0 saturated carbocycles. The monoisotopic (exact) mass is 221 g/mol. The zero-order chi connectivity index (χ0) is 12.0. The maximum Gasteiger partial charge on any atom is 0.220 e. The molecule has 88 valence electrons. The number of benzene rings is 1. The molecule has 0 radical (unpaired) electrons. The van der Waals surface area contributed by atoms with Crippen molar-refractivity contribution >= 4 is 5.91 Å². The maximum atomic E-state index is 11.4. The fraction of sp³-hybridized carbons (Fsp3) is 0.462. The highest BCUT2D eigenvalue weighted by atomic mass is 16.3. The minimum absolute atomic E-state index is 0.0117. The van der Waals surface area contributed by atoms with E-state index in [9.17, 15) is 4.79 Å². The van der Waals surface area contributed by atoms with Crippen LogP contribution >= 0.6 is 0 Å². The Morgan fingerprint density at radius 1 is 1.50 bits per heavy atom. The molecule has 0 saturated heterocycles. The smallest absolute Gasteiger partial charge is 0.220 e. The zero-order valence-electron chi connectivity index (χ0n) is 9.86. The molecule has 1 unspecified atom stereocenters. The number of rotatable bonds is 5. The Morgan fingerprint density at radius 3 is 2.88 bits per heavy atom. The highest BCUT2D eigenvalue weighted by Crippen LogP contribution is 2.03. The Hall–Kier alpha value is -1.35. The van der Waals surface area contributed by atoms with Crippen LogP contribution in [0.4, 0.5) is 0 Å². The van der Waals surface area contributed by atoms with Crippen molar-refractivity contribution in [2.24, 2.45) is 0 Å². The van der Waals surface area contributed by atoms with E-state index in [-0.39, 0.29) is 5.91 Å². The van der Waals surface area contributed by atoms with Crippen LogP contribution in [0.2, 0.25) is 0 Å². The van der Waals surface area contributed by atoms with Crippen molar-refractivity contribution in [1.29, 1.82) is 0 Å². The molecule has 0 aliphatic heterocycles. The van der Waals surface area contributed by atoms with Crippen LogP contribution in [0, 0.1) is 6.92 Å². The van der Waals surface area contributed by atoms with Gasteiger partial charge in [0.25, 0.3) is 0 Å². The third-order valence-electron chi connectivity index (χ3n) is 2.36. The molecule has 0 spiro atoms. The van der Waals surface area contributed by atoms with Crippen LogP contribution in [0.25, 0.3) is 0 Å². The lowest BCUT2D eigenvalue weighted by Crippen LogP contribution is -2.23. The van der Waals surface area contributed by atoms with Crippen molar-refractivity contribution in [1.82, 2.24) is 5.32 Å². The van der Waals surface area contributed by atoms with E-state index in [1.807, 2.05) is 25.1 Å². The van der Waals surface area contributed by atoms with Crippen molar-refractivity contribution < 1.29 is 9.90 Å². The van der Waals surface area contributed by atoms with Gasteiger partial charge in [-0.3, -0.25) is 4.79 Å². The van der Waals surface area contributed by atoms with Crippen LogP contribution in [0.15, 0.2) is 24.3 Å². The van der Waals surface area contributed by atoms with E-state index in [1.54, 1.807) is 6.92 Å². The molecule has 1 atom stereocenters. The average Bonchev–Trinajstić information content (AvgIpc) is 2.23. The first-order valence-electron chi connectivity index (χ1n) is 5.58. The van der Waals surface area contributed by atoms with Crippen LogP contribution in [-0.4, -0.2) is 17.1 Å². The second kappa shape index (κ2) is 6.28. The molecule has 1 aromatic carbocycles. The molecule has 0 heterocycles. The number of nitrogens with one attached hydrogen (secondary N) is 1. The van der Waals surface area contributed by atoms with Crippen LogP contribution in [0.1, 0.15) is 30.9 Å². The van der Waals surface area contributed by atoms with Gasteiger partial charge in [-0.2, -0.15) is 0 Å². The molecule has 16 heavy (non-hydrogen) atoms. The van der Waals surface area contributed by atoms with Gasteiger partial charge in [-0.1, -0.05) is 29.8 Å². The van der Waals surface area contributed by atoms with Gasteiger partial charge >= 0.3 is 0 Å². The number of carbonyl (C=O) groups is 1. The molecule has 2 N–H and O–H groups in total. The lowest BCUT2D eigenvalue weighted by atomic mass is 10.1. The standard InChI is InChI=1S/C13H19NO2/c1-10-4-3-5-12(8-10)9-14-13(16)7-6-11(2)15/h3-5,8,11,15H,6-7,9H2,1-2H3,(H,14,16). The molecule has 0 aliphatic rings. The third kappa shape index (κ3) is 4.94. The number of carbonyl (C=O) groups excluding carboxylic acids is 1. The molecule has 1 amide bonds. The lowest BCUT2D eigenvalue weighted by molar-refractivity contribution is -0.121. The Bertz CT molecular complexity index is 348. The molecule has 1 aromatic rings. The minimum atomic E-state index is -0.412. The predicted molar refractivity (Wildman–Crippen MR) is 63.9 cm³/mol. The summed E-state index contributed by atoms with van der Waals surface area (Å²) in [6.07, 6.45) is 0.480. The van der Waals surface area contributed by atoms with E-state index in [2.05, 4.69) is 11.4 Å². The SMILES string of the molecule is Cc1cccc(CNC(=O)CCC(C)O)c1. The zero-order valence-corrected chi connectivity index (χ0v) is 9.86. The summed E-state index contributed by atoms with van der Waals surface area (Å²) < 4.78 is 0. The molecule has 0 aromatic heterocycles. The number of amides is 1. The quantitative estimate of drug-likeness (QED) is 0.796. The molecular formula is C13H19NO2. The second-order valence-electron chi connectivity index (χ2n) is 4.15. The summed E-state index contributed by atoms with van der Waals surface area (Å²) in [5, 5.41) is 11.9. The molecule has 1 rings (SSSR count). The number of aryl methyl sites for hydroxylation is 1. The topological polar surface area (TPSA) is 49.3 Å². The van der Waals surface area contributed by atoms with Crippen LogP contribution in [0.3, 0.4) is 0 Å². The van der Waals surface area contributed by atoms with E-state index in [0.717, 1.165) is 5.56 Å².